The standard InChI is InChI=1S/C28H28N2S2/c1-23(25-15-7-3-8-16-25)29(27-19-11-5-12-20-27)31-32-30(28-21-13-6-14-22-28)24(2)26-17-9-4-10-18-26/h3-24H,1-2H3/t23-,24-/m0/s1. The summed E-state index contributed by atoms with van der Waals surface area (Å²) in [4.78, 5) is 0. The molecular weight excluding hydrogens is 428 g/mol. The van der Waals surface area contributed by atoms with Crippen molar-refractivity contribution in [3.63, 3.8) is 0 Å². The Hall–Kier alpha value is -2.82. The minimum absolute atomic E-state index is 0.223. The van der Waals surface area contributed by atoms with E-state index >= 15 is 0 Å². The number of benzene rings is 4. The van der Waals surface area contributed by atoms with Crippen molar-refractivity contribution in [2.24, 2.45) is 0 Å². The monoisotopic (exact) mass is 456 g/mol. The Morgan fingerprint density at radius 1 is 0.438 bits per heavy atom. The number of rotatable bonds is 9. The maximum absolute atomic E-state index is 2.40. The van der Waals surface area contributed by atoms with Gasteiger partial charge in [0.25, 0.3) is 0 Å². The van der Waals surface area contributed by atoms with Crippen molar-refractivity contribution in [3.05, 3.63) is 132 Å². The van der Waals surface area contributed by atoms with Crippen molar-refractivity contribution in [3.8, 4) is 0 Å². The van der Waals surface area contributed by atoms with Gasteiger partial charge in [-0.2, -0.15) is 0 Å². The van der Waals surface area contributed by atoms with Crippen LogP contribution in [0.1, 0.15) is 37.1 Å². The zero-order valence-electron chi connectivity index (χ0n) is 18.4. The third-order valence-electron chi connectivity index (χ3n) is 5.48. The van der Waals surface area contributed by atoms with Gasteiger partial charge >= 0.3 is 0 Å². The Morgan fingerprint density at radius 3 is 1.03 bits per heavy atom. The predicted octanol–water partition coefficient (Wildman–Crippen LogP) is 8.73. The highest BCUT2D eigenvalue weighted by Gasteiger charge is 2.23. The molecule has 0 saturated heterocycles. The molecule has 0 aliphatic carbocycles. The molecule has 4 rings (SSSR count). The Bertz CT molecular complexity index is 971. The molecule has 0 aliphatic heterocycles. The molecule has 2 atom stereocenters. The maximum Gasteiger partial charge on any atom is 0.0636 e. The highest BCUT2D eigenvalue weighted by atomic mass is 33.1. The molecule has 0 fully saturated rings. The average Bonchev–Trinajstić information content (AvgIpc) is 2.88. The highest BCUT2D eigenvalue weighted by molar-refractivity contribution is 8.77. The summed E-state index contributed by atoms with van der Waals surface area (Å²) in [6.07, 6.45) is 0. The zero-order chi connectivity index (χ0) is 22.2. The minimum atomic E-state index is 0.223. The van der Waals surface area contributed by atoms with E-state index in [4.69, 9.17) is 0 Å². The van der Waals surface area contributed by atoms with E-state index in [2.05, 4.69) is 144 Å². The third-order valence-corrected chi connectivity index (χ3v) is 8.09. The Balaban J connectivity index is 1.62. The summed E-state index contributed by atoms with van der Waals surface area (Å²) >= 11 is 0. The van der Waals surface area contributed by atoms with Gasteiger partial charge in [-0.15, -0.1) is 0 Å². The van der Waals surface area contributed by atoms with Crippen LogP contribution in [-0.4, -0.2) is 0 Å². The van der Waals surface area contributed by atoms with E-state index in [-0.39, 0.29) is 12.1 Å². The number of hydrogen-bond acceptors (Lipinski definition) is 4. The molecule has 0 unspecified atom stereocenters. The first-order chi connectivity index (χ1) is 15.7. The first kappa shape index (κ1) is 22.4. The van der Waals surface area contributed by atoms with Gasteiger partial charge in [0.05, 0.1) is 12.1 Å². The van der Waals surface area contributed by atoms with Gasteiger partial charge in [-0.05, 0) is 49.2 Å². The van der Waals surface area contributed by atoms with Gasteiger partial charge in [-0.25, -0.2) is 0 Å². The third kappa shape index (κ3) is 5.50. The van der Waals surface area contributed by atoms with Gasteiger partial charge in [0.2, 0.25) is 0 Å². The number of nitrogens with zero attached hydrogens (tertiary/aromatic N) is 2. The first-order valence-corrected chi connectivity index (χ1v) is 12.9. The molecule has 0 radical (unpaired) electrons. The molecule has 0 aromatic heterocycles. The van der Waals surface area contributed by atoms with Crippen molar-refractivity contribution < 1.29 is 0 Å². The fourth-order valence-corrected chi connectivity index (χ4v) is 6.40. The van der Waals surface area contributed by atoms with Crippen LogP contribution in [0.3, 0.4) is 0 Å². The number of anilines is 2. The van der Waals surface area contributed by atoms with E-state index in [1.54, 1.807) is 22.0 Å². The molecule has 4 heteroatoms. The van der Waals surface area contributed by atoms with E-state index in [0.717, 1.165) is 0 Å². The summed E-state index contributed by atoms with van der Waals surface area (Å²) < 4.78 is 4.79. The largest absolute Gasteiger partial charge is 0.299 e. The fraction of sp³-hybridized carbons (Fsp3) is 0.143. The van der Waals surface area contributed by atoms with E-state index < -0.39 is 0 Å². The molecule has 0 heterocycles. The van der Waals surface area contributed by atoms with Crippen molar-refractivity contribution in [1.29, 1.82) is 0 Å². The summed E-state index contributed by atoms with van der Waals surface area (Å²) in [6.45, 7) is 4.53. The molecule has 0 saturated carbocycles. The lowest BCUT2D eigenvalue weighted by Crippen LogP contribution is -2.22. The van der Waals surface area contributed by atoms with Crippen molar-refractivity contribution in [2.45, 2.75) is 25.9 Å². The van der Waals surface area contributed by atoms with E-state index in [0.29, 0.717) is 0 Å². The summed E-state index contributed by atoms with van der Waals surface area (Å²) in [7, 11) is 3.56. The topological polar surface area (TPSA) is 6.48 Å². The van der Waals surface area contributed by atoms with Crippen molar-refractivity contribution in [2.75, 3.05) is 8.61 Å². The van der Waals surface area contributed by atoms with Crippen LogP contribution >= 0.6 is 22.0 Å². The van der Waals surface area contributed by atoms with Gasteiger partial charge in [-0.1, -0.05) is 97.1 Å². The molecule has 0 N–H and O–H groups in total. The van der Waals surface area contributed by atoms with Gasteiger partial charge in [-0.3, -0.25) is 8.61 Å². The lowest BCUT2D eigenvalue weighted by atomic mass is 10.1. The zero-order valence-corrected chi connectivity index (χ0v) is 20.0. The van der Waals surface area contributed by atoms with Crippen LogP contribution < -0.4 is 8.61 Å². The second-order valence-corrected chi connectivity index (χ2v) is 9.62. The molecule has 32 heavy (non-hydrogen) atoms. The summed E-state index contributed by atoms with van der Waals surface area (Å²) in [5.41, 5.74) is 4.99. The fourth-order valence-electron chi connectivity index (χ4n) is 3.62. The Kier molecular flexibility index (Phi) is 7.81. The summed E-state index contributed by atoms with van der Waals surface area (Å²) in [5, 5.41) is 0. The van der Waals surface area contributed by atoms with Crippen molar-refractivity contribution >= 4 is 33.3 Å². The minimum Gasteiger partial charge on any atom is -0.299 e. The van der Waals surface area contributed by atoms with E-state index in [1.807, 2.05) is 0 Å². The van der Waals surface area contributed by atoms with Gasteiger partial charge in [0.15, 0.2) is 0 Å². The average molecular weight is 457 g/mol. The lowest BCUT2D eigenvalue weighted by Gasteiger charge is -2.34. The van der Waals surface area contributed by atoms with Crippen LogP contribution in [-0.2, 0) is 0 Å². The lowest BCUT2D eigenvalue weighted by molar-refractivity contribution is 0.819. The van der Waals surface area contributed by atoms with Crippen molar-refractivity contribution in [1.82, 2.24) is 0 Å². The second kappa shape index (κ2) is 11.2. The molecule has 4 aromatic carbocycles. The number of para-hydroxylation sites is 2. The molecule has 0 spiro atoms. The second-order valence-electron chi connectivity index (χ2n) is 7.65. The first-order valence-electron chi connectivity index (χ1n) is 10.9. The molecule has 162 valence electrons. The maximum atomic E-state index is 2.40. The van der Waals surface area contributed by atoms with Crippen LogP contribution in [0.2, 0.25) is 0 Å². The smallest absolute Gasteiger partial charge is 0.0636 e. The molecule has 2 nitrogen and oxygen atoms in total. The van der Waals surface area contributed by atoms with Crippen LogP contribution in [0, 0.1) is 0 Å². The van der Waals surface area contributed by atoms with Crippen LogP contribution in [0.15, 0.2) is 121 Å². The predicted molar refractivity (Wildman–Crippen MR) is 143 cm³/mol. The Labute approximate surface area is 199 Å². The molecule has 0 bridgehead atoms. The Morgan fingerprint density at radius 2 is 0.719 bits per heavy atom. The van der Waals surface area contributed by atoms with Gasteiger partial charge in [0.1, 0.15) is 0 Å². The quantitative estimate of drug-likeness (QED) is 0.183. The molecule has 4 aromatic rings. The summed E-state index contributed by atoms with van der Waals surface area (Å²) in [6, 6.07) is 43.1. The van der Waals surface area contributed by atoms with E-state index in [1.165, 1.54) is 22.5 Å². The highest BCUT2D eigenvalue weighted by Crippen LogP contribution is 2.45. The van der Waals surface area contributed by atoms with Gasteiger partial charge < -0.3 is 0 Å². The molecular formula is C28H28N2S2. The van der Waals surface area contributed by atoms with Gasteiger partial charge in [0, 0.05) is 33.3 Å². The summed E-state index contributed by atoms with van der Waals surface area (Å²) in [5.74, 6) is 0. The van der Waals surface area contributed by atoms with Crippen LogP contribution in [0.25, 0.3) is 0 Å². The molecule has 0 aliphatic rings. The molecule has 0 amide bonds. The van der Waals surface area contributed by atoms with Crippen LogP contribution in [0.5, 0.6) is 0 Å². The SMILES string of the molecule is C[C@@H](c1ccccc1)N(SSN(c1ccccc1)[C@@H](C)c1ccccc1)c1ccccc1. The normalized spacial score (nSPS) is 12.7. The van der Waals surface area contributed by atoms with E-state index in [9.17, 15) is 0 Å². The number of hydrogen-bond donors (Lipinski definition) is 0. The van der Waals surface area contributed by atoms with Crippen LogP contribution in [0.4, 0.5) is 11.4 Å².